The predicted octanol–water partition coefficient (Wildman–Crippen LogP) is 15.4. The third-order valence-electron chi connectivity index (χ3n) is 10.4. The molecule has 0 spiro atoms. The molecule has 0 rings (SSSR count). The molecule has 0 aliphatic rings. The summed E-state index contributed by atoms with van der Waals surface area (Å²) in [4.78, 5) is 37.8. The maximum Gasteiger partial charge on any atom is 0.306 e. The molecular weight excluding hydrogens is 697 g/mol. The van der Waals surface area contributed by atoms with Crippen LogP contribution in [0, 0.1) is 0 Å². The van der Waals surface area contributed by atoms with E-state index in [1.165, 1.54) is 116 Å². The summed E-state index contributed by atoms with van der Waals surface area (Å²) >= 11 is 0. The van der Waals surface area contributed by atoms with Crippen LogP contribution in [0.2, 0.25) is 0 Å². The summed E-state index contributed by atoms with van der Waals surface area (Å²) in [5.74, 6) is -0.898. The van der Waals surface area contributed by atoms with Crippen LogP contribution in [0.4, 0.5) is 0 Å². The van der Waals surface area contributed by atoms with Crippen LogP contribution in [0.5, 0.6) is 0 Å². The van der Waals surface area contributed by atoms with Gasteiger partial charge in [0.05, 0.1) is 0 Å². The molecule has 0 saturated heterocycles. The van der Waals surface area contributed by atoms with Gasteiger partial charge in [-0.25, -0.2) is 0 Å². The van der Waals surface area contributed by atoms with E-state index in [0.29, 0.717) is 19.3 Å². The summed E-state index contributed by atoms with van der Waals surface area (Å²) in [5, 5.41) is 0. The quantitative estimate of drug-likeness (QED) is 0.0265. The number of rotatable bonds is 43. The Morgan fingerprint density at radius 1 is 0.357 bits per heavy atom. The van der Waals surface area contributed by atoms with Crippen LogP contribution < -0.4 is 0 Å². The Bertz CT molecular complexity index is 953. The molecule has 0 bridgehead atoms. The number of allylic oxidation sites excluding steroid dienone is 6. The Morgan fingerprint density at radius 2 is 0.643 bits per heavy atom. The summed E-state index contributed by atoms with van der Waals surface area (Å²) in [6, 6.07) is 0. The zero-order chi connectivity index (χ0) is 40.8. The highest BCUT2D eigenvalue weighted by molar-refractivity contribution is 5.71. The molecule has 0 saturated carbocycles. The van der Waals surface area contributed by atoms with Gasteiger partial charge in [0.15, 0.2) is 6.10 Å². The molecule has 6 nitrogen and oxygen atoms in total. The average molecular weight is 787 g/mol. The second-order valence-electron chi connectivity index (χ2n) is 16.0. The fourth-order valence-corrected chi connectivity index (χ4v) is 6.70. The first-order chi connectivity index (χ1) is 27.5. The minimum Gasteiger partial charge on any atom is -0.462 e. The van der Waals surface area contributed by atoms with E-state index in [1.807, 2.05) is 0 Å². The fraction of sp³-hybridized carbons (Fsp3) is 0.820. The van der Waals surface area contributed by atoms with Crippen molar-refractivity contribution in [1.29, 1.82) is 0 Å². The van der Waals surface area contributed by atoms with Crippen LogP contribution in [0.25, 0.3) is 0 Å². The van der Waals surface area contributed by atoms with E-state index < -0.39 is 6.10 Å². The van der Waals surface area contributed by atoms with Crippen LogP contribution in [-0.4, -0.2) is 37.2 Å². The first-order valence-electron chi connectivity index (χ1n) is 24.0. The zero-order valence-electron chi connectivity index (χ0n) is 37.2. The molecule has 0 N–H and O–H groups in total. The lowest BCUT2D eigenvalue weighted by Gasteiger charge is -2.18. The van der Waals surface area contributed by atoms with Crippen LogP contribution in [0.15, 0.2) is 36.5 Å². The van der Waals surface area contributed by atoms with Gasteiger partial charge >= 0.3 is 17.9 Å². The summed E-state index contributed by atoms with van der Waals surface area (Å²) in [6.45, 7) is 6.56. The molecule has 0 aromatic rings. The van der Waals surface area contributed by atoms with Gasteiger partial charge in [0, 0.05) is 19.3 Å². The third kappa shape index (κ3) is 42.8. The largest absolute Gasteiger partial charge is 0.462 e. The van der Waals surface area contributed by atoms with E-state index in [2.05, 4.69) is 57.2 Å². The molecule has 0 amide bonds. The van der Waals surface area contributed by atoms with Crippen LogP contribution >= 0.6 is 0 Å². The van der Waals surface area contributed by atoms with E-state index in [-0.39, 0.29) is 31.1 Å². The van der Waals surface area contributed by atoms with Crippen LogP contribution in [0.1, 0.15) is 245 Å². The maximum absolute atomic E-state index is 12.7. The van der Waals surface area contributed by atoms with Gasteiger partial charge < -0.3 is 14.2 Å². The number of carbonyl (C=O) groups excluding carboxylic acids is 3. The summed E-state index contributed by atoms with van der Waals surface area (Å²) in [6.07, 6.45) is 51.2. The lowest BCUT2D eigenvalue weighted by Crippen LogP contribution is -2.30. The van der Waals surface area contributed by atoms with Crippen molar-refractivity contribution in [3.05, 3.63) is 36.5 Å². The molecule has 1 atom stereocenters. The Labute approximate surface area is 346 Å². The number of esters is 3. The van der Waals surface area contributed by atoms with Crippen molar-refractivity contribution >= 4 is 17.9 Å². The lowest BCUT2D eigenvalue weighted by atomic mass is 10.1. The highest BCUT2D eigenvalue weighted by Crippen LogP contribution is 2.14. The third-order valence-corrected chi connectivity index (χ3v) is 10.4. The van der Waals surface area contributed by atoms with Gasteiger partial charge in [0.1, 0.15) is 13.2 Å². The van der Waals surface area contributed by atoms with Gasteiger partial charge in [-0.05, 0) is 77.0 Å². The van der Waals surface area contributed by atoms with Crippen molar-refractivity contribution in [2.45, 2.75) is 252 Å². The van der Waals surface area contributed by atoms with Gasteiger partial charge in [0.2, 0.25) is 0 Å². The molecule has 56 heavy (non-hydrogen) atoms. The standard InChI is InChI=1S/C50H90O6/c1-4-7-10-13-16-19-22-24-25-26-29-31-34-37-40-43-49(52)55-46-47(45-54-48(51)42-39-36-33-30-27-21-18-15-12-9-6-3)56-50(53)44-41-38-35-32-28-23-20-17-14-11-8-5-2/h16-17,19-20,24-25,47H,4-15,18,21-23,26-46H2,1-3H3/b19-16-,20-17-,25-24-/t47-/m1/s1. The van der Waals surface area contributed by atoms with Crippen molar-refractivity contribution in [3.63, 3.8) is 0 Å². The van der Waals surface area contributed by atoms with Crippen LogP contribution in [0.3, 0.4) is 0 Å². The Kier molecular flexibility index (Phi) is 43.4. The van der Waals surface area contributed by atoms with Crippen molar-refractivity contribution in [2.24, 2.45) is 0 Å². The highest BCUT2D eigenvalue weighted by atomic mass is 16.6. The van der Waals surface area contributed by atoms with Gasteiger partial charge in [0.25, 0.3) is 0 Å². The molecule has 326 valence electrons. The number of unbranched alkanes of at least 4 members (excludes halogenated alkanes) is 26. The molecule has 0 unspecified atom stereocenters. The topological polar surface area (TPSA) is 78.9 Å². The van der Waals surface area contributed by atoms with Crippen LogP contribution in [-0.2, 0) is 28.6 Å². The average Bonchev–Trinajstić information content (AvgIpc) is 3.19. The number of hydrogen-bond acceptors (Lipinski definition) is 6. The molecular formula is C50H90O6. The van der Waals surface area contributed by atoms with E-state index in [1.54, 1.807) is 0 Å². The van der Waals surface area contributed by atoms with E-state index in [0.717, 1.165) is 89.9 Å². The minimum absolute atomic E-state index is 0.0778. The molecule has 0 aromatic carbocycles. The summed E-state index contributed by atoms with van der Waals surface area (Å²) < 4.78 is 16.7. The van der Waals surface area contributed by atoms with Crippen molar-refractivity contribution in [2.75, 3.05) is 13.2 Å². The molecule has 0 aromatic heterocycles. The van der Waals surface area contributed by atoms with E-state index in [9.17, 15) is 14.4 Å². The second kappa shape index (κ2) is 45.3. The van der Waals surface area contributed by atoms with E-state index in [4.69, 9.17) is 14.2 Å². The summed E-state index contributed by atoms with van der Waals surface area (Å²) in [7, 11) is 0. The molecule has 0 radical (unpaired) electrons. The smallest absolute Gasteiger partial charge is 0.306 e. The Hall–Kier alpha value is -2.37. The fourth-order valence-electron chi connectivity index (χ4n) is 6.70. The first-order valence-corrected chi connectivity index (χ1v) is 24.0. The van der Waals surface area contributed by atoms with Gasteiger partial charge in [-0.3, -0.25) is 14.4 Å². The molecule has 0 aliphatic carbocycles. The Balaban J connectivity index is 4.38. The molecule has 6 heteroatoms. The van der Waals surface area contributed by atoms with Gasteiger partial charge in [-0.15, -0.1) is 0 Å². The minimum atomic E-state index is -0.776. The Morgan fingerprint density at radius 3 is 1.04 bits per heavy atom. The van der Waals surface area contributed by atoms with Gasteiger partial charge in [-0.1, -0.05) is 186 Å². The van der Waals surface area contributed by atoms with Crippen molar-refractivity contribution < 1.29 is 28.6 Å². The number of ether oxygens (including phenoxy) is 3. The molecule has 0 aliphatic heterocycles. The van der Waals surface area contributed by atoms with Crippen molar-refractivity contribution in [1.82, 2.24) is 0 Å². The second-order valence-corrected chi connectivity index (χ2v) is 16.0. The summed E-state index contributed by atoms with van der Waals surface area (Å²) in [5.41, 5.74) is 0. The number of hydrogen-bond donors (Lipinski definition) is 0. The SMILES string of the molecule is CCCCC/C=C\C/C=C\CCCCCCCC(=O)OC[C@@H](COC(=O)CCCCCCCCCCCCC)OC(=O)CCCCCCC/C=C\CCCCC. The lowest BCUT2D eigenvalue weighted by molar-refractivity contribution is -0.167. The first kappa shape index (κ1) is 53.6. The predicted molar refractivity (Wildman–Crippen MR) is 238 cm³/mol. The molecule has 0 heterocycles. The maximum atomic E-state index is 12.7. The molecule has 0 fully saturated rings. The normalized spacial score (nSPS) is 12.3. The van der Waals surface area contributed by atoms with Crippen molar-refractivity contribution in [3.8, 4) is 0 Å². The van der Waals surface area contributed by atoms with E-state index >= 15 is 0 Å². The number of carbonyl (C=O) groups is 3. The monoisotopic (exact) mass is 787 g/mol. The zero-order valence-corrected chi connectivity index (χ0v) is 37.2. The van der Waals surface area contributed by atoms with Gasteiger partial charge in [-0.2, -0.15) is 0 Å². The highest BCUT2D eigenvalue weighted by Gasteiger charge is 2.19.